The maximum atomic E-state index is 13.1. The van der Waals surface area contributed by atoms with Gasteiger partial charge >= 0.3 is 0 Å². The van der Waals surface area contributed by atoms with Crippen molar-refractivity contribution in [3.05, 3.63) is 59.0 Å². The van der Waals surface area contributed by atoms with Crippen molar-refractivity contribution < 1.29 is 13.7 Å². The number of benzene rings is 2. The van der Waals surface area contributed by atoms with Crippen molar-refractivity contribution in [1.82, 2.24) is 5.16 Å². The lowest BCUT2D eigenvalue weighted by molar-refractivity contribution is -0.115. The number of fused-ring (bicyclic) bond motifs is 1. The predicted octanol–water partition coefficient (Wildman–Crippen LogP) is 3.76. The Morgan fingerprint density at radius 3 is 2.86 bits per heavy atom. The Morgan fingerprint density at radius 1 is 1.27 bits per heavy atom. The molecule has 1 N–H and O–H groups in total. The van der Waals surface area contributed by atoms with Crippen LogP contribution in [0.4, 0.5) is 10.1 Å². The Kier molecular flexibility index (Phi) is 3.63. The molecule has 0 saturated carbocycles. The molecule has 0 bridgehead atoms. The van der Waals surface area contributed by atoms with Gasteiger partial charge in [-0.25, -0.2) is 4.39 Å². The van der Waals surface area contributed by atoms with Crippen molar-refractivity contribution in [2.24, 2.45) is 0 Å². The van der Waals surface area contributed by atoms with Gasteiger partial charge < -0.3 is 9.84 Å². The summed E-state index contributed by atoms with van der Waals surface area (Å²) >= 11 is 0. The average molecular weight is 298 g/mol. The van der Waals surface area contributed by atoms with Crippen LogP contribution >= 0.6 is 0 Å². The number of anilines is 1. The molecular weight excluding hydrogens is 283 g/mol. The number of nitrogens with one attached hydrogen (secondary N) is 1. The van der Waals surface area contributed by atoms with E-state index in [9.17, 15) is 9.18 Å². The molecule has 5 heteroatoms. The average Bonchev–Trinajstić information content (AvgIpc) is 2.81. The van der Waals surface area contributed by atoms with Gasteiger partial charge in [-0.3, -0.25) is 4.79 Å². The Morgan fingerprint density at radius 2 is 2.09 bits per heavy atom. The third-order valence-electron chi connectivity index (χ3n) is 3.42. The zero-order chi connectivity index (χ0) is 15.7. The number of carbonyl (C=O) groups excluding carboxylic acids is 1. The van der Waals surface area contributed by atoms with E-state index in [4.69, 9.17) is 4.52 Å². The first-order chi connectivity index (χ1) is 10.5. The minimum absolute atomic E-state index is 0.0768. The van der Waals surface area contributed by atoms with Crippen molar-refractivity contribution in [2.45, 2.75) is 20.3 Å². The molecule has 0 aliphatic carbocycles. The molecule has 0 fully saturated rings. The summed E-state index contributed by atoms with van der Waals surface area (Å²) in [4.78, 5) is 12.1. The smallest absolute Gasteiger partial charge is 0.230 e. The van der Waals surface area contributed by atoms with E-state index in [0.717, 1.165) is 16.5 Å². The number of carbonyl (C=O) groups is 1. The molecule has 0 aliphatic heterocycles. The highest BCUT2D eigenvalue weighted by Gasteiger charge is 2.15. The number of aryl methyl sites for hydroxylation is 2. The summed E-state index contributed by atoms with van der Waals surface area (Å²) in [6.07, 6.45) is 0.0768. The van der Waals surface area contributed by atoms with Crippen LogP contribution in [0.2, 0.25) is 0 Å². The molecule has 112 valence electrons. The predicted molar refractivity (Wildman–Crippen MR) is 82.2 cm³/mol. The van der Waals surface area contributed by atoms with E-state index in [0.29, 0.717) is 17.0 Å². The fourth-order valence-corrected chi connectivity index (χ4v) is 2.56. The number of hydrogen-bond acceptors (Lipinski definition) is 3. The van der Waals surface area contributed by atoms with Crippen LogP contribution in [0.3, 0.4) is 0 Å². The Hall–Kier alpha value is -2.69. The number of halogens is 1. The molecule has 3 aromatic rings. The molecule has 0 saturated heterocycles. The van der Waals surface area contributed by atoms with Gasteiger partial charge in [0.15, 0.2) is 5.58 Å². The highest BCUT2D eigenvalue weighted by Crippen LogP contribution is 2.24. The zero-order valence-electron chi connectivity index (χ0n) is 12.3. The third-order valence-corrected chi connectivity index (χ3v) is 3.42. The maximum absolute atomic E-state index is 13.1. The van der Waals surface area contributed by atoms with Crippen LogP contribution in [0.25, 0.3) is 11.0 Å². The maximum Gasteiger partial charge on any atom is 0.230 e. The van der Waals surface area contributed by atoms with E-state index >= 15 is 0 Å². The van der Waals surface area contributed by atoms with Gasteiger partial charge in [0.1, 0.15) is 11.5 Å². The number of rotatable bonds is 3. The molecule has 0 unspecified atom stereocenters. The van der Waals surface area contributed by atoms with Gasteiger partial charge in [-0.05, 0) is 49.2 Å². The molecule has 1 amide bonds. The van der Waals surface area contributed by atoms with E-state index in [-0.39, 0.29) is 12.3 Å². The number of hydrogen-bond donors (Lipinski definition) is 1. The summed E-state index contributed by atoms with van der Waals surface area (Å²) in [5, 5.41) is 7.50. The highest BCUT2D eigenvalue weighted by molar-refractivity contribution is 5.95. The first-order valence-electron chi connectivity index (χ1n) is 6.94. The van der Waals surface area contributed by atoms with Crippen LogP contribution < -0.4 is 5.32 Å². The van der Waals surface area contributed by atoms with Crippen molar-refractivity contribution >= 4 is 22.6 Å². The molecule has 0 atom stereocenters. The lowest BCUT2D eigenvalue weighted by Gasteiger charge is -2.04. The third kappa shape index (κ3) is 2.83. The molecule has 0 radical (unpaired) electrons. The molecule has 1 aromatic heterocycles. The second-order valence-electron chi connectivity index (χ2n) is 5.32. The summed E-state index contributed by atoms with van der Waals surface area (Å²) in [5.41, 5.74) is 3.78. The fraction of sp³-hybridized carbons (Fsp3) is 0.176. The summed E-state index contributed by atoms with van der Waals surface area (Å²) in [5.74, 6) is -0.656. The van der Waals surface area contributed by atoms with Gasteiger partial charge in [-0.2, -0.15) is 0 Å². The molecule has 1 heterocycles. The Bertz CT molecular complexity index is 855. The van der Waals surface area contributed by atoms with Gasteiger partial charge in [0.05, 0.1) is 6.42 Å². The largest absolute Gasteiger partial charge is 0.356 e. The molecular formula is C17H15FN2O2. The van der Waals surface area contributed by atoms with Gasteiger partial charge in [0, 0.05) is 11.1 Å². The van der Waals surface area contributed by atoms with Crippen LogP contribution in [0, 0.1) is 19.7 Å². The molecule has 0 aliphatic rings. The summed E-state index contributed by atoms with van der Waals surface area (Å²) in [6.45, 7) is 3.94. The summed E-state index contributed by atoms with van der Waals surface area (Å²) < 4.78 is 18.4. The second-order valence-corrected chi connectivity index (χ2v) is 5.32. The Balaban J connectivity index is 1.83. The van der Waals surface area contributed by atoms with Crippen molar-refractivity contribution in [1.29, 1.82) is 0 Å². The van der Waals surface area contributed by atoms with E-state index in [1.54, 1.807) is 12.1 Å². The molecule has 2 aromatic carbocycles. The molecule has 4 nitrogen and oxygen atoms in total. The van der Waals surface area contributed by atoms with E-state index in [2.05, 4.69) is 10.5 Å². The molecule has 3 rings (SSSR count). The Labute approximate surface area is 126 Å². The van der Waals surface area contributed by atoms with Crippen LogP contribution in [0.1, 0.15) is 16.8 Å². The second kappa shape index (κ2) is 5.60. The highest BCUT2D eigenvalue weighted by atomic mass is 19.1. The monoisotopic (exact) mass is 298 g/mol. The summed E-state index contributed by atoms with van der Waals surface area (Å²) in [7, 11) is 0. The van der Waals surface area contributed by atoms with Crippen LogP contribution in [-0.2, 0) is 11.2 Å². The standard InChI is InChI=1S/C17H15FN2O2/c1-10-6-11(2)17-14(20-22-15(17)7-10)9-16(21)19-13-5-3-4-12(18)8-13/h3-8H,9H2,1-2H3,(H,19,21). The number of aromatic nitrogens is 1. The van der Waals surface area contributed by atoms with Crippen LogP contribution in [0.5, 0.6) is 0 Å². The zero-order valence-corrected chi connectivity index (χ0v) is 12.3. The lowest BCUT2D eigenvalue weighted by atomic mass is 10.0. The van der Waals surface area contributed by atoms with Gasteiger partial charge in [0.2, 0.25) is 5.91 Å². The van der Waals surface area contributed by atoms with Crippen LogP contribution in [0.15, 0.2) is 40.9 Å². The van der Waals surface area contributed by atoms with Gasteiger partial charge in [-0.15, -0.1) is 0 Å². The minimum Gasteiger partial charge on any atom is -0.356 e. The SMILES string of the molecule is Cc1cc(C)c2c(CC(=O)Nc3cccc(F)c3)noc2c1. The fourth-order valence-electron chi connectivity index (χ4n) is 2.56. The molecule has 0 spiro atoms. The number of amides is 1. The quantitative estimate of drug-likeness (QED) is 0.801. The summed E-state index contributed by atoms with van der Waals surface area (Å²) in [6, 6.07) is 9.69. The number of nitrogens with zero attached hydrogens (tertiary/aromatic N) is 1. The topological polar surface area (TPSA) is 55.1 Å². The van der Waals surface area contributed by atoms with E-state index in [1.807, 2.05) is 26.0 Å². The first kappa shape index (κ1) is 14.3. The molecule has 22 heavy (non-hydrogen) atoms. The van der Waals surface area contributed by atoms with E-state index < -0.39 is 5.82 Å². The normalized spacial score (nSPS) is 10.9. The van der Waals surface area contributed by atoms with Crippen molar-refractivity contribution in [2.75, 3.05) is 5.32 Å². The van der Waals surface area contributed by atoms with E-state index in [1.165, 1.54) is 12.1 Å². The van der Waals surface area contributed by atoms with Gasteiger partial charge in [-0.1, -0.05) is 17.3 Å². The minimum atomic E-state index is -0.393. The van der Waals surface area contributed by atoms with Crippen molar-refractivity contribution in [3.63, 3.8) is 0 Å². The lowest BCUT2D eigenvalue weighted by Crippen LogP contribution is -2.14. The van der Waals surface area contributed by atoms with Crippen molar-refractivity contribution in [3.8, 4) is 0 Å². The first-order valence-corrected chi connectivity index (χ1v) is 6.94. The van der Waals surface area contributed by atoms with Crippen LogP contribution in [-0.4, -0.2) is 11.1 Å². The van der Waals surface area contributed by atoms with Gasteiger partial charge in [0.25, 0.3) is 0 Å².